The Hall–Kier alpha value is -1.28. The number of hydrogen-bond donors (Lipinski definition) is 1. The minimum atomic E-state index is -0.0642. The molecule has 0 saturated heterocycles. The van der Waals surface area contributed by atoms with Gasteiger partial charge in [0.2, 0.25) is 5.91 Å². The van der Waals surface area contributed by atoms with E-state index in [0.29, 0.717) is 10.9 Å². The van der Waals surface area contributed by atoms with Crippen molar-refractivity contribution in [3.05, 3.63) is 40.9 Å². The second-order valence-corrected chi connectivity index (χ2v) is 4.80. The number of halogens is 1. The highest BCUT2D eigenvalue weighted by molar-refractivity contribution is 6.30. The van der Waals surface area contributed by atoms with Crippen LogP contribution in [-0.2, 0) is 4.79 Å². The molecular formula is C14H18ClNO. The number of nitrogens with one attached hydrogen (secondary N) is 1. The van der Waals surface area contributed by atoms with E-state index in [1.807, 2.05) is 24.3 Å². The number of hydrogen-bond acceptors (Lipinski definition) is 1. The Morgan fingerprint density at radius 2 is 2.24 bits per heavy atom. The molecule has 0 aliphatic heterocycles. The fourth-order valence-corrected chi connectivity index (χ4v) is 1.52. The van der Waals surface area contributed by atoms with Crippen molar-refractivity contribution in [2.45, 2.75) is 20.3 Å². The van der Waals surface area contributed by atoms with Crippen LogP contribution in [0.25, 0.3) is 6.08 Å². The summed E-state index contributed by atoms with van der Waals surface area (Å²) >= 11 is 5.84. The molecule has 17 heavy (non-hydrogen) atoms. The third kappa shape index (κ3) is 6.12. The van der Waals surface area contributed by atoms with E-state index in [-0.39, 0.29) is 5.91 Å². The van der Waals surface area contributed by atoms with Crippen LogP contribution in [0.2, 0.25) is 5.02 Å². The highest BCUT2D eigenvalue weighted by Crippen LogP contribution is 2.11. The van der Waals surface area contributed by atoms with Crippen molar-refractivity contribution >= 4 is 23.6 Å². The van der Waals surface area contributed by atoms with Crippen LogP contribution in [0.3, 0.4) is 0 Å². The van der Waals surface area contributed by atoms with Gasteiger partial charge in [-0.1, -0.05) is 37.6 Å². The fraction of sp³-hybridized carbons (Fsp3) is 0.357. The lowest BCUT2D eigenvalue weighted by molar-refractivity contribution is -0.116. The lowest BCUT2D eigenvalue weighted by Gasteiger charge is -2.04. The third-order valence-corrected chi connectivity index (χ3v) is 2.53. The van der Waals surface area contributed by atoms with Gasteiger partial charge >= 0.3 is 0 Å². The van der Waals surface area contributed by atoms with Crippen LogP contribution in [0, 0.1) is 5.92 Å². The smallest absolute Gasteiger partial charge is 0.243 e. The summed E-state index contributed by atoms with van der Waals surface area (Å²) in [5.74, 6) is 0.540. The Balaban J connectivity index is 2.40. The zero-order chi connectivity index (χ0) is 12.7. The van der Waals surface area contributed by atoms with Crippen LogP contribution < -0.4 is 5.32 Å². The molecule has 2 nitrogen and oxygen atoms in total. The van der Waals surface area contributed by atoms with Gasteiger partial charge in [0.25, 0.3) is 0 Å². The van der Waals surface area contributed by atoms with Gasteiger partial charge in [-0.25, -0.2) is 0 Å². The van der Waals surface area contributed by atoms with Gasteiger partial charge in [-0.15, -0.1) is 0 Å². The van der Waals surface area contributed by atoms with Crippen molar-refractivity contribution in [3.8, 4) is 0 Å². The first-order valence-corrected chi connectivity index (χ1v) is 6.17. The molecule has 0 bridgehead atoms. The van der Waals surface area contributed by atoms with Gasteiger partial charge in [0.1, 0.15) is 0 Å². The van der Waals surface area contributed by atoms with Gasteiger partial charge in [0.05, 0.1) is 0 Å². The molecule has 3 heteroatoms. The third-order valence-electron chi connectivity index (χ3n) is 2.30. The topological polar surface area (TPSA) is 29.1 Å². The summed E-state index contributed by atoms with van der Waals surface area (Å²) in [7, 11) is 0. The van der Waals surface area contributed by atoms with Gasteiger partial charge in [-0.2, -0.15) is 0 Å². The molecule has 1 amide bonds. The average Bonchev–Trinajstić information content (AvgIpc) is 2.26. The van der Waals surface area contributed by atoms with Crippen LogP contribution in [0.4, 0.5) is 0 Å². The normalized spacial score (nSPS) is 11.1. The van der Waals surface area contributed by atoms with Crippen molar-refractivity contribution in [2.24, 2.45) is 5.92 Å². The first-order chi connectivity index (χ1) is 8.08. The molecule has 92 valence electrons. The van der Waals surface area contributed by atoms with E-state index in [1.165, 1.54) is 6.08 Å². The minimum Gasteiger partial charge on any atom is -0.353 e. The Kier molecular flexibility index (Phi) is 5.78. The predicted octanol–water partition coefficient (Wildman–Crippen LogP) is 3.52. The van der Waals surface area contributed by atoms with Crippen molar-refractivity contribution in [2.75, 3.05) is 6.54 Å². The molecule has 0 aliphatic carbocycles. The Morgan fingerprint density at radius 1 is 1.47 bits per heavy atom. The molecule has 0 aliphatic rings. The van der Waals surface area contributed by atoms with Crippen LogP contribution in [0.5, 0.6) is 0 Å². The molecule has 0 unspecified atom stereocenters. The highest BCUT2D eigenvalue weighted by Gasteiger charge is 1.97. The molecule has 0 heterocycles. The number of amides is 1. The minimum absolute atomic E-state index is 0.0642. The number of benzene rings is 1. The van der Waals surface area contributed by atoms with E-state index in [0.717, 1.165) is 18.5 Å². The maximum atomic E-state index is 11.5. The van der Waals surface area contributed by atoms with Crippen LogP contribution in [0.15, 0.2) is 30.3 Å². The molecule has 0 atom stereocenters. The Morgan fingerprint density at radius 3 is 2.88 bits per heavy atom. The Bertz CT molecular complexity index is 399. The molecule has 0 spiro atoms. The van der Waals surface area contributed by atoms with Gasteiger partial charge < -0.3 is 5.32 Å². The summed E-state index contributed by atoms with van der Waals surface area (Å²) in [6.45, 7) is 4.98. The quantitative estimate of drug-likeness (QED) is 0.798. The van der Waals surface area contributed by atoms with Crippen LogP contribution in [-0.4, -0.2) is 12.5 Å². The van der Waals surface area contributed by atoms with E-state index in [4.69, 9.17) is 11.6 Å². The molecule has 0 aromatic heterocycles. The molecular weight excluding hydrogens is 234 g/mol. The van der Waals surface area contributed by atoms with Crippen molar-refractivity contribution in [1.29, 1.82) is 0 Å². The largest absolute Gasteiger partial charge is 0.353 e. The van der Waals surface area contributed by atoms with Crippen molar-refractivity contribution in [1.82, 2.24) is 5.32 Å². The maximum absolute atomic E-state index is 11.5. The number of carbonyl (C=O) groups is 1. The van der Waals surface area contributed by atoms with E-state index in [1.54, 1.807) is 6.08 Å². The van der Waals surface area contributed by atoms with Gasteiger partial charge in [0.15, 0.2) is 0 Å². The lowest BCUT2D eigenvalue weighted by Crippen LogP contribution is -2.23. The summed E-state index contributed by atoms with van der Waals surface area (Å²) in [6, 6.07) is 7.39. The molecule has 1 aromatic carbocycles. The second kappa shape index (κ2) is 7.13. The summed E-state index contributed by atoms with van der Waals surface area (Å²) in [5.41, 5.74) is 0.927. The van der Waals surface area contributed by atoms with E-state index >= 15 is 0 Å². The predicted molar refractivity (Wildman–Crippen MR) is 73.0 cm³/mol. The first kappa shape index (κ1) is 13.8. The summed E-state index contributed by atoms with van der Waals surface area (Å²) < 4.78 is 0. The van der Waals surface area contributed by atoms with Crippen LogP contribution >= 0.6 is 11.6 Å². The standard InChI is InChI=1S/C14H18ClNO/c1-11(2)8-9-16-14(17)7-6-12-4-3-5-13(15)10-12/h3-7,10-11H,8-9H2,1-2H3,(H,16,17). The SMILES string of the molecule is CC(C)CCNC(=O)C=Cc1cccc(Cl)c1. The summed E-state index contributed by atoms with van der Waals surface area (Å²) in [4.78, 5) is 11.5. The number of rotatable bonds is 5. The van der Waals surface area contributed by atoms with E-state index in [2.05, 4.69) is 19.2 Å². The fourth-order valence-electron chi connectivity index (χ4n) is 1.33. The molecule has 1 rings (SSSR count). The molecule has 0 fully saturated rings. The first-order valence-electron chi connectivity index (χ1n) is 5.79. The van der Waals surface area contributed by atoms with E-state index in [9.17, 15) is 4.79 Å². The zero-order valence-corrected chi connectivity index (χ0v) is 11.0. The Labute approximate surface area is 108 Å². The molecule has 1 aromatic rings. The summed E-state index contributed by atoms with van der Waals surface area (Å²) in [6.07, 6.45) is 4.29. The van der Waals surface area contributed by atoms with Crippen molar-refractivity contribution < 1.29 is 4.79 Å². The van der Waals surface area contributed by atoms with Crippen molar-refractivity contribution in [3.63, 3.8) is 0 Å². The second-order valence-electron chi connectivity index (χ2n) is 4.36. The number of carbonyl (C=O) groups excluding carboxylic acids is 1. The maximum Gasteiger partial charge on any atom is 0.243 e. The highest BCUT2D eigenvalue weighted by atomic mass is 35.5. The van der Waals surface area contributed by atoms with Gasteiger partial charge in [-0.3, -0.25) is 4.79 Å². The lowest BCUT2D eigenvalue weighted by atomic mass is 10.1. The van der Waals surface area contributed by atoms with Crippen LogP contribution in [0.1, 0.15) is 25.8 Å². The molecule has 0 saturated carbocycles. The molecule has 1 N–H and O–H groups in total. The monoisotopic (exact) mass is 251 g/mol. The zero-order valence-electron chi connectivity index (χ0n) is 10.2. The van der Waals surface area contributed by atoms with Gasteiger partial charge in [-0.05, 0) is 36.1 Å². The average molecular weight is 252 g/mol. The summed E-state index contributed by atoms with van der Waals surface area (Å²) in [5, 5.41) is 3.51. The van der Waals surface area contributed by atoms with Gasteiger partial charge in [0, 0.05) is 17.6 Å². The van der Waals surface area contributed by atoms with E-state index < -0.39 is 0 Å². The molecule has 0 radical (unpaired) electrons.